The van der Waals surface area contributed by atoms with Crippen LogP contribution in [-0.4, -0.2) is 31.1 Å². The lowest BCUT2D eigenvalue weighted by Gasteiger charge is -2.27. The highest BCUT2D eigenvalue weighted by Gasteiger charge is 2.40. The van der Waals surface area contributed by atoms with Crippen LogP contribution in [0.5, 0.6) is 0 Å². The number of hydrogen-bond acceptors (Lipinski definition) is 2. The van der Waals surface area contributed by atoms with Crippen molar-refractivity contribution in [3.05, 3.63) is 34.9 Å². The Hall–Kier alpha value is -0.570. The number of rotatable bonds is 8. The molecule has 1 unspecified atom stereocenters. The van der Waals surface area contributed by atoms with Crippen molar-refractivity contribution in [1.82, 2.24) is 10.2 Å². The van der Waals surface area contributed by atoms with Crippen LogP contribution in [0.4, 0.5) is 0 Å². The van der Waals surface area contributed by atoms with Gasteiger partial charge < -0.3 is 5.32 Å². The molecule has 0 spiro atoms. The molecular formula is C18H27ClN2. The van der Waals surface area contributed by atoms with Gasteiger partial charge in [-0.2, -0.15) is 0 Å². The average Bonchev–Trinajstić information content (AvgIpc) is 3.37. The van der Waals surface area contributed by atoms with Gasteiger partial charge in [0.25, 0.3) is 0 Å². The Bertz CT molecular complexity index is 439. The van der Waals surface area contributed by atoms with Gasteiger partial charge in [-0.05, 0) is 69.2 Å². The minimum absolute atomic E-state index is 0.435. The quantitative estimate of drug-likeness (QED) is 0.777. The molecule has 0 bridgehead atoms. The van der Waals surface area contributed by atoms with E-state index < -0.39 is 0 Å². The summed E-state index contributed by atoms with van der Waals surface area (Å²) in [6, 6.07) is 9.47. The fourth-order valence-electron chi connectivity index (χ4n) is 3.23. The number of likely N-dealkylation sites (N-methyl/N-ethyl adjacent to an activating group) is 1. The summed E-state index contributed by atoms with van der Waals surface area (Å²) < 4.78 is 0. The smallest absolute Gasteiger partial charge is 0.0406 e. The van der Waals surface area contributed by atoms with Crippen molar-refractivity contribution in [2.75, 3.05) is 20.1 Å². The lowest BCUT2D eigenvalue weighted by molar-refractivity contribution is 0.252. The first kappa shape index (κ1) is 15.3. The minimum atomic E-state index is 0.435. The molecule has 0 aromatic heterocycles. The number of nitrogens with zero attached hydrogens (tertiary/aromatic N) is 1. The van der Waals surface area contributed by atoms with Gasteiger partial charge in [-0.25, -0.2) is 0 Å². The van der Waals surface area contributed by atoms with Crippen molar-refractivity contribution in [3.63, 3.8) is 0 Å². The van der Waals surface area contributed by atoms with E-state index in [1.165, 1.54) is 31.2 Å². The first-order chi connectivity index (χ1) is 10.1. The van der Waals surface area contributed by atoms with E-state index in [2.05, 4.69) is 36.3 Å². The zero-order valence-corrected chi connectivity index (χ0v) is 13.9. The second-order valence-electron chi connectivity index (χ2n) is 6.86. The van der Waals surface area contributed by atoms with Crippen molar-refractivity contribution >= 4 is 11.6 Å². The van der Waals surface area contributed by atoms with Crippen molar-refractivity contribution in [2.45, 2.75) is 44.7 Å². The van der Waals surface area contributed by atoms with Crippen LogP contribution in [0.3, 0.4) is 0 Å². The molecule has 0 aliphatic heterocycles. The third kappa shape index (κ3) is 4.21. The standard InChI is InChI=1S/C18H27ClN2/c1-13(14-7-9-17(19)10-8-14)21(2)12-11-20-18(15-3-4-15)16-5-6-16/h7-10,13,15-16,18,20H,3-6,11-12H2,1-2H3. The van der Waals surface area contributed by atoms with Crippen molar-refractivity contribution in [2.24, 2.45) is 11.8 Å². The normalized spacial score (nSPS) is 20.2. The minimum Gasteiger partial charge on any atom is -0.312 e. The largest absolute Gasteiger partial charge is 0.312 e. The molecule has 2 saturated carbocycles. The lowest BCUT2D eigenvalue weighted by Crippen LogP contribution is -2.39. The highest BCUT2D eigenvalue weighted by Crippen LogP contribution is 2.44. The fourth-order valence-corrected chi connectivity index (χ4v) is 3.35. The van der Waals surface area contributed by atoms with Gasteiger partial charge in [0.05, 0.1) is 0 Å². The van der Waals surface area contributed by atoms with Crippen LogP contribution in [0.2, 0.25) is 5.02 Å². The summed E-state index contributed by atoms with van der Waals surface area (Å²) in [5.74, 6) is 1.97. The van der Waals surface area contributed by atoms with E-state index in [1.807, 2.05) is 12.1 Å². The SMILES string of the molecule is CC(c1ccc(Cl)cc1)N(C)CCNC(C1CC1)C1CC1. The molecule has 0 heterocycles. The third-order valence-corrected chi connectivity index (χ3v) is 5.37. The Morgan fingerprint density at radius 3 is 2.24 bits per heavy atom. The first-order valence-corrected chi connectivity index (χ1v) is 8.72. The maximum absolute atomic E-state index is 5.96. The molecule has 3 rings (SSSR count). The summed E-state index contributed by atoms with van der Waals surface area (Å²) in [5.41, 5.74) is 1.34. The molecule has 0 amide bonds. The number of nitrogens with one attached hydrogen (secondary N) is 1. The summed E-state index contributed by atoms with van der Waals surface area (Å²) in [6.07, 6.45) is 5.80. The predicted molar refractivity (Wildman–Crippen MR) is 89.7 cm³/mol. The maximum Gasteiger partial charge on any atom is 0.0406 e. The van der Waals surface area contributed by atoms with E-state index in [9.17, 15) is 0 Å². The molecular weight excluding hydrogens is 280 g/mol. The molecule has 0 saturated heterocycles. The molecule has 1 aromatic carbocycles. The van der Waals surface area contributed by atoms with Crippen LogP contribution in [0, 0.1) is 11.8 Å². The molecule has 1 aromatic rings. The second-order valence-corrected chi connectivity index (χ2v) is 7.30. The molecule has 116 valence electrons. The molecule has 0 radical (unpaired) electrons. The summed E-state index contributed by atoms with van der Waals surface area (Å²) in [6.45, 7) is 4.47. The number of halogens is 1. The Balaban J connectivity index is 1.44. The van der Waals surface area contributed by atoms with E-state index in [0.29, 0.717) is 6.04 Å². The van der Waals surface area contributed by atoms with E-state index in [0.717, 1.165) is 36.0 Å². The lowest BCUT2D eigenvalue weighted by atomic mass is 10.1. The predicted octanol–water partition coefficient (Wildman–Crippen LogP) is 4.11. The average molecular weight is 307 g/mol. The number of benzene rings is 1. The Morgan fingerprint density at radius 1 is 1.14 bits per heavy atom. The van der Waals surface area contributed by atoms with Gasteiger partial charge in [0, 0.05) is 30.2 Å². The zero-order valence-electron chi connectivity index (χ0n) is 13.2. The van der Waals surface area contributed by atoms with E-state index in [4.69, 9.17) is 11.6 Å². The van der Waals surface area contributed by atoms with Crippen molar-refractivity contribution in [3.8, 4) is 0 Å². The van der Waals surface area contributed by atoms with Crippen LogP contribution >= 0.6 is 11.6 Å². The topological polar surface area (TPSA) is 15.3 Å². The molecule has 1 N–H and O–H groups in total. The third-order valence-electron chi connectivity index (χ3n) is 5.12. The molecule has 2 aliphatic rings. The zero-order chi connectivity index (χ0) is 14.8. The van der Waals surface area contributed by atoms with Crippen molar-refractivity contribution in [1.29, 1.82) is 0 Å². The van der Waals surface area contributed by atoms with Crippen LogP contribution in [-0.2, 0) is 0 Å². The van der Waals surface area contributed by atoms with Gasteiger partial charge >= 0.3 is 0 Å². The Kier molecular flexibility index (Phi) is 4.88. The summed E-state index contributed by atoms with van der Waals surface area (Å²) in [4.78, 5) is 2.42. The molecule has 2 fully saturated rings. The van der Waals surface area contributed by atoms with Crippen LogP contribution in [0.15, 0.2) is 24.3 Å². The Morgan fingerprint density at radius 2 is 1.71 bits per heavy atom. The number of hydrogen-bond donors (Lipinski definition) is 1. The van der Waals surface area contributed by atoms with Crippen LogP contribution in [0.1, 0.15) is 44.2 Å². The molecule has 2 nitrogen and oxygen atoms in total. The molecule has 3 heteroatoms. The van der Waals surface area contributed by atoms with Gasteiger partial charge in [0.1, 0.15) is 0 Å². The molecule has 1 atom stereocenters. The van der Waals surface area contributed by atoms with E-state index >= 15 is 0 Å². The summed E-state index contributed by atoms with van der Waals surface area (Å²) in [7, 11) is 2.21. The first-order valence-electron chi connectivity index (χ1n) is 8.34. The highest BCUT2D eigenvalue weighted by molar-refractivity contribution is 6.30. The van der Waals surface area contributed by atoms with Gasteiger partial charge in [-0.3, -0.25) is 4.90 Å². The van der Waals surface area contributed by atoms with Gasteiger partial charge in [0.2, 0.25) is 0 Å². The molecule has 21 heavy (non-hydrogen) atoms. The fraction of sp³-hybridized carbons (Fsp3) is 0.667. The van der Waals surface area contributed by atoms with Gasteiger partial charge in [-0.1, -0.05) is 23.7 Å². The second kappa shape index (κ2) is 6.68. The van der Waals surface area contributed by atoms with Crippen molar-refractivity contribution < 1.29 is 0 Å². The maximum atomic E-state index is 5.96. The Labute approximate surface area is 133 Å². The van der Waals surface area contributed by atoms with Crippen LogP contribution in [0.25, 0.3) is 0 Å². The summed E-state index contributed by atoms with van der Waals surface area (Å²) in [5, 5.41) is 4.64. The monoisotopic (exact) mass is 306 g/mol. The summed E-state index contributed by atoms with van der Waals surface area (Å²) >= 11 is 5.96. The van der Waals surface area contributed by atoms with E-state index in [1.54, 1.807) is 0 Å². The van der Waals surface area contributed by atoms with Gasteiger partial charge in [-0.15, -0.1) is 0 Å². The highest BCUT2D eigenvalue weighted by atomic mass is 35.5. The van der Waals surface area contributed by atoms with E-state index in [-0.39, 0.29) is 0 Å². The van der Waals surface area contributed by atoms with Gasteiger partial charge in [0.15, 0.2) is 0 Å². The van der Waals surface area contributed by atoms with Crippen LogP contribution < -0.4 is 5.32 Å². The molecule has 2 aliphatic carbocycles.